The molecule has 5 aromatic rings. The van der Waals surface area contributed by atoms with Crippen LogP contribution in [-0.2, 0) is 32.9 Å². The van der Waals surface area contributed by atoms with E-state index in [9.17, 15) is 10.2 Å². The van der Waals surface area contributed by atoms with Gasteiger partial charge in [0, 0.05) is 22.3 Å². The van der Waals surface area contributed by atoms with Crippen LogP contribution in [0, 0.1) is 22.9 Å². The van der Waals surface area contributed by atoms with Crippen LogP contribution in [0.2, 0.25) is 33.2 Å². The maximum Gasteiger partial charge on any atom is 0.177 e. The Morgan fingerprint density at radius 1 is 0.343 bits per heavy atom. The predicted octanol–water partition coefficient (Wildman–Crippen LogP) is 18.1. The summed E-state index contributed by atoms with van der Waals surface area (Å²) in [5, 5.41) is 33.1. The molecule has 2 nitrogen and oxygen atoms in total. The third-order valence-corrected chi connectivity index (χ3v) is 30.1. The van der Waals surface area contributed by atoms with Gasteiger partial charge >= 0.3 is 0 Å². The van der Waals surface area contributed by atoms with Crippen LogP contribution in [0.5, 0.6) is 0 Å². The molecule has 4 heteroatoms. The maximum absolute atomic E-state index is 14.4. The Hall–Kier alpha value is -3.91. The Balaban J connectivity index is 1.80. The van der Waals surface area contributed by atoms with Crippen LogP contribution in [0.1, 0.15) is 211 Å². The Bertz CT molecular complexity index is 2770. The van der Waals surface area contributed by atoms with Crippen molar-refractivity contribution in [1.29, 1.82) is 0 Å². The summed E-state index contributed by atoms with van der Waals surface area (Å²) in [4.78, 5) is 0. The minimum absolute atomic E-state index is 0.159. The van der Waals surface area contributed by atoms with Gasteiger partial charge in [0.05, 0.1) is 0 Å². The van der Waals surface area contributed by atoms with Crippen molar-refractivity contribution >= 4 is 37.7 Å². The van der Waals surface area contributed by atoms with Crippen LogP contribution < -0.4 is 0 Å². The van der Waals surface area contributed by atoms with Crippen LogP contribution in [0.4, 0.5) is 0 Å². The average molecular weight is 972 g/mol. The first-order valence-electron chi connectivity index (χ1n) is 26.9. The van der Waals surface area contributed by atoms with Gasteiger partial charge in [0.15, 0.2) is 11.2 Å². The van der Waals surface area contributed by atoms with Crippen LogP contribution >= 0.6 is 0 Å². The SMILES string of the molecule is CC(C)[Si](C#CC1(O)c2cc3c(cc2-c2cc(C(C)(C)C)cc4cc(C(C)(C)C)cc1c24)C(O)(C#C[Si](C(C)C)(C(C)C)C(C)C)c1cc(C(C)(C)C)cc2cc(C(C)(C)C)cc-3c12)(C(C)C)C(C)C. The topological polar surface area (TPSA) is 40.5 Å². The largest absolute Gasteiger partial charge is 0.369 e. The number of hydrogen-bond donors (Lipinski definition) is 2. The zero-order chi connectivity index (χ0) is 52.6. The van der Waals surface area contributed by atoms with E-state index < -0.39 is 27.3 Å². The van der Waals surface area contributed by atoms with Crippen molar-refractivity contribution in [3.8, 4) is 45.2 Å². The second-order valence-electron chi connectivity index (χ2n) is 27.9. The van der Waals surface area contributed by atoms with Crippen LogP contribution in [0.3, 0.4) is 0 Å². The summed E-state index contributed by atoms with van der Waals surface area (Å²) < 4.78 is 0. The molecule has 0 amide bonds. The molecule has 2 atom stereocenters. The first-order chi connectivity index (χ1) is 31.9. The van der Waals surface area contributed by atoms with Crippen molar-refractivity contribution in [2.75, 3.05) is 0 Å². The number of aliphatic hydroxyl groups is 2. The first kappa shape index (κ1) is 53.9. The lowest BCUT2D eigenvalue weighted by molar-refractivity contribution is 0.142. The lowest BCUT2D eigenvalue weighted by Crippen LogP contribution is -2.44. The highest BCUT2D eigenvalue weighted by atomic mass is 28.3. The fourth-order valence-electron chi connectivity index (χ4n) is 13.2. The van der Waals surface area contributed by atoms with E-state index in [4.69, 9.17) is 0 Å². The van der Waals surface area contributed by atoms with Gasteiger partial charge in [-0.25, -0.2) is 0 Å². The van der Waals surface area contributed by atoms with E-state index in [1.54, 1.807) is 0 Å². The quantitative estimate of drug-likeness (QED) is 0.131. The molecule has 7 rings (SSSR count). The minimum Gasteiger partial charge on any atom is -0.369 e. The molecule has 2 N–H and O–H groups in total. The molecule has 70 heavy (non-hydrogen) atoms. The molecular formula is C66H90O2Si2. The molecule has 0 aliphatic heterocycles. The Kier molecular flexibility index (Phi) is 13.4. The van der Waals surface area contributed by atoms with Gasteiger partial charge in [-0.05, 0) is 145 Å². The molecule has 2 aliphatic rings. The Morgan fingerprint density at radius 2 is 0.586 bits per heavy atom. The first-order valence-corrected chi connectivity index (χ1v) is 31.3. The standard InChI is InChI=1S/C66H90O2Si2/c1-39(2)69(40(3)4,41(5)6)27-25-65(67)55-37-52-54-34-48(62(16,17)18)30-46-32-50(64(22,23)24)36-58(60(46)54)66(68,26-28-70(42(7)8,43(9)10)44(11)12)56(52)38-51(55)53-33-47(61(13,14)15)29-45-31-49(63(19,20)21)35-57(65)59(45)53/h29-44,67-68H,1-24H3. The van der Waals surface area contributed by atoms with Crippen molar-refractivity contribution in [3.63, 3.8) is 0 Å². The smallest absolute Gasteiger partial charge is 0.177 e. The molecule has 2 aliphatic carbocycles. The fourth-order valence-corrected chi connectivity index (χ4v) is 23.8. The number of rotatable bonds is 6. The molecule has 0 saturated heterocycles. The van der Waals surface area contributed by atoms with Crippen molar-refractivity contribution in [2.45, 2.75) is 232 Å². The van der Waals surface area contributed by atoms with Gasteiger partial charge in [0.25, 0.3) is 0 Å². The Morgan fingerprint density at radius 3 is 0.814 bits per heavy atom. The van der Waals surface area contributed by atoms with Gasteiger partial charge in [-0.15, -0.1) is 11.1 Å². The highest BCUT2D eigenvalue weighted by Crippen LogP contribution is 2.57. The Labute approximate surface area is 428 Å². The second-order valence-corrected chi connectivity index (χ2v) is 39.1. The summed E-state index contributed by atoms with van der Waals surface area (Å²) in [6, 6.07) is 23.3. The molecule has 0 radical (unpaired) electrons. The zero-order valence-corrected chi connectivity index (χ0v) is 50.1. The molecule has 0 spiro atoms. The van der Waals surface area contributed by atoms with Crippen LogP contribution in [-0.4, -0.2) is 26.4 Å². The van der Waals surface area contributed by atoms with Gasteiger partial charge < -0.3 is 10.2 Å². The summed E-state index contributed by atoms with van der Waals surface area (Å²) in [7, 11) is -4.72. The number of fused-ring (bicyclic) bond motifs is 4. The van der Waals surface area contributed by atoms with Crippen molar-refractivity contribution in [3.05, 3.63) is 105 Å². The van der Waals surface area contributed by atoms with E-state index in [0.717, 1.165) is 66.1 Å². The van der Waals surface area contributed by atoms with Gasteiger partial charge in [-0.2, -0.15) is 0 Å². The van der Waals surface area contributed by atoms with Gasteiger partial charge in [-0.1, -0.05) is 214 Å². The third kappa shape index (κ3) is 8.42. The lowest BCUT2D eigenvalue weighted by Gasteiger charge is -2.41. The molecule has 2 unspecified atom stereocenters. The predicted molar refractivity (Wildman–Crippen MR) is 311 cm³/mol. The lowest BCUT2D eigenvalue weighted by atomic mass is 9.66. The van der Waals surface area contributed by atoms with Crippen LogP contribution in [0.25, 0.3) is 43.8 Å². The van der Waals surface area contributed by atoms with E-state index in [1.165, 1.54) is 22.3 Å². The summed E-state index contributed by atoms with van der Waals surface area (Å²) in [6.45, 7) is 55.6. The summed E-state index contributed by atoms with van der Waals surface area (Å²) in [6.07, 6.45) is 0. The summed E-state index contributed by atoms with van der Waals surface area (Å²) in [5.41, 5.74) is 18.5. The van der Waals surface area contributed by atoms with E-state index in [-0.39, 0.29) is 21.7 Å². The van der Waals surface area contributed by atoms with Gasteiger partial charge in [0.2, 0.25) is 0 Å². The average Bonchev–Trinajstić information content (AvgIpc) is 3.21. The molecule has 0 fully saturated rings. The van der Waals surface area contributed by atoms with Crippen molar-refractivity contribution in [2.24, 2.45) is 0 Å². The maximum atomic E-state index is 14.4. The molecule has 0 bridgehead atoms. The highest BCUT2D eigenvalue weighted by Gasteiger charge is 2.49. The van der Waals surface area contributed by atoms with Crippen molar-refractivity contribution in [1.82, 2.24) is 0 Å². The molecular weight excluding hydrogens is 881 g/mol. The fraction of sp³-hybridized carbons (Fsp3) is 0.545. The molecule has 0 aromatic heterocycles. The molecule has 374 valence electrons. The van der Waals surface area contributed by atoms with E-state index in [0.29, 0.717) is 33.2 Å². The van der Waals surface area contributed by atoms with Crippen LogP contribution in [0.15, 0.2) is 60.7 Å². The number of hydrogen-bond acceptors (Lipinski definition) is 2. The summed E-state index contributed by atoms with van der Waals surface area (Å²) >= 11 is 0. The highest BCUT2D eigenvalue weighted by molar-refractivity contribution is 6.91. The van der Waals surface area contributed by atoms with E-state index in [1.807, 2.05) is 0 Å². The zero-order valence-electron chi connectivity index (χ0n) is 48.1. The van der Waals surface area contributed by atoms with Crippen molar-refractivity contribution < 1.29 is 10.2 Å². The monoisotopic (exact) mass is 971 g/mol. The van der Waals surface area contributed by atoms with Gasteiger partial charge in [-0.3, -0.25) is 0 Å². The number of benzene rings is 5. The summed E-state index contributed by atoms with van der Waals surface area (Å²) in [5.74, 6) is 7.72. The molecule has 0 heterocycles. The van der Waals surface area contributed by atoms with E-state index >= 15 is 0 Å². The molecule has 5 aromatic carbocycles. The van der Waals surface area contributed by atoms with Gasteiger partial charge in [0.1, 0.15) is 16.1 Å². The molecule has 0 saturated carbocycles. The normalized spacial score (nSPS) is 18.5. The minimum atomic E-state index is -2.36. The second kappa shape index (κ2) is 17.4. The third-order valence-electron chi connectivity index (χ3n) is 17.5. The van der Waals surface area contributed by atoms with E-state index in [2.05, 4.69) is 250 Å².